The van der Waals surface area contributed by atoms with Crippen LogP contribution in [-0.4, -0.2) is 126 Å². The van der Waals surface area contributed by atoms with Gasteiger partial charge in [-0.05, 0) is 113 Å². The number of ether oxygens (including phenoxy) is 4. The maximum atomic E-state index is 12.9. The number of ketones is 2. The number of amidine groups is 1. The molecule has 0 spiro atoms. The normalized spacial score (nSPS) is 10.8. The lowest BCUT2D eigenvalue weighted by atomic mass is 10.1. The first kappa shape index (κ1) is 56.3. The number of nitrogens with one attached hydrogen (secondary N) is 2. The Balaban J connectivity index is 0.000000293. The number of nitrogen functional groups attached to an aromatic ring is 1. The van der Waals surface area contributed by atoms with Crippen molar-refractivity contribution in [2.24, 2.45) is 10.7 Å². The number of nitrogens with two attached hydrogens (primary N) is 2. The number of carbonyl (C=O) groups is 2. The number of nitro benzene ring substituents is 2. The van der Waals surface area contributed by atoms with Gasteiger partial charge in [-0.3, -0.25) is 29.8 Å². The Bertz CT molecular complexity index is 2520. The number of hydrogen-bond acceptors (Lipinski definition) is 18. The number of thiazole rings is 1. The zero-order valence-corrected chi connectivity index (χ0v) is 43.1. The molecule has 6 N–H and O–H groups in total. The molecular weight excluding hydrogens is 1020 g/mol. The van der Waals surface area contributed by atoms with Gasteiger partial charge in [0.05, 0.1) is 29.4 Å². The van der Waals surface area contributed by atoms with Crippen molar-refractivity contribution in [3.05, 3.63) is 121 Å². The van der Waals surface area contributed by atoms with Gasteiger partial charge in [0.25, 0.3) is 0 Å². The van der Waals surface area contributed by atoms with E-state index in [9.17, 15) is 29.8 Å². The van der Waals surface area contributed by atoms with Crippen molar-refractivity contribution >= 4 is 116 Å². The molecule has 0 radical (unpaired) electrons. The van der Waals surface area contributed by atoms with E-state index in [0.29, 0.717) is 34.2 Å². The number of nitro groups is 2. The molecule has 1 unspecified atom stereocenters. The van der Waals surface area contributed by atoms with E-state index in [1.807, 2.05) is 81.6 Å². The average molecular weight is 1080 g/mol. The van der Waals surface area contributed by atoms with Crippen LogP contribution in [0.1, 0.15) is 25.6 Å². The molecule has 5 rings (SSSR count). The number of nitrogens with zero attached hydrogens (tertiary/aromatic N) is 6. The van der Waals surface area contributed by atoms with Crippen LogP contribution in [-0.2, 0) is 0 Å². The molecule has 0 saturated heterocycles. The number of likely N-dealkylation sites (N-methyl/N-ethyl adjacent to an activating group) is 2. The minimum atomic E-state index is -0.605. The van der Waals surface area contributed by atoms with Crippen LogP contribution < -0.4 is 41.0 Å². The number of methoxy groups -OCH3 is 2. The molecule has 0 aliphatic heterocycles. The Morgan fingerprint density at radius 3 is 1.78 bits per heavy atom. The number of halogens is 1. The maximum Gasteiger partial charge on any atom is 0.311 e. The van der Waals surface area contributed by atoms with E-state index in [0.717, 1.165) is 52.8 Å². The molecule has 0 fully saturated rings. The third kappa shape index (κ3) is 18.9. The Morgan fingerprint density at radius 1 is 0.838 bits per heavy atom. The highest BCUT2D eigenvalue weighted by Crippen LogP contribution is 2.33. The highest BCUT2D eigenvalue weighted by molar-refractivity contribution is 9.09. The molecule has 20 nitrogen and oxygen atoms in total. The number of carbonyl (C=O) groups excluding carboxylic acids is 2. The summed E-state index contributed by atoms with van der Waals surface area (Å²) in [7, 11) is 13.2. The zero-order chi connectivity index (χ0) is 50.3. The summed E-state index contributed by atoms with van der Waals surface area (Å²) in [5.41, 5.74) is 13.9. The van der Waals surface area contributed by atoms with Gasteiger partial charge in [-0.25, -0.2) is 4.98 Å². The number of aromatic nitrogens is 1. The van der Waals surface area contributed by atoms with Crippen LogP contribution in [0.3, 0.4) is 0 Å². The third-order valence-corrected chi connectivity index (χ3v) is 11.3. The van der Waals surface area contributed by atoms with Crippen LogP contribution in [0, 0.1) is 20.2 Å². The van der Waals surface area contributed by atoms with Crippen molar-refractivity contribution < 1.29 is 38.4 Å². The summed E-state index contributed by atoms with van der Waals surface area (Å²) >= 11 is 10.6. The maximum absolute atomic E-state index is 12.9. The van der Waals surface area contributed by atoms with Crippen molar-refractivity contribution in [3.63, 3.8) is 0 Å². The molecule has 0 aliphatic rings. The highest BCUT2D eigenvalue weighted by Gasteiger charge is 2.23. The van der Waals surface area contributed by atoms with Gasteiger partial charge in [-0.1, -0.05) is 39.0 Å². The number of Topliss-reactive ketones (excluding diaryl/α,β-unsaturated/α-hetero) is 1. The van der Waals surface area contributed by atoms with E-state index in [4.69, 9.17) is 42.6 Å². The van der Waals surface area contributed by atoms with E-state index >= 15 is 0 Å². The summed E-state index contributed by atoms with van der Waals surface area (Å²) < 4.78 is 21.1. The lowest BCUT2D eigenvalue weighted by molar-refractivity contribution is -0.385. The molecule has 364 valence electrons. The third-order valence-electron chi connectivity index (χ3n) is 8.58. The van der Waals surface area contributed by atoms with Gasteiger partial charge in [0, 0.05) is 53.2 Å². The van der Waals surface area contributed by atoms with Crippen molar-refractivity contribution in [2.45, 2.75) is 0 Å². The first-order valence-corrected chi connectivity index (χ1v) is 24.1. The van der Waals surface area contributed by atoms with Gasteiger partial charge < -0.3 is 50.8 Å². The Labute approximate surface area is 417 Å². The van der Waals surface area contributed by atoms with E-state index in [1.54, 1.807) is 0 Å². The molecule has 1 heterocycles. The summed E-state index contributed by atoms with van der Waals surface area (Å²) in [5, 5.41) is 29.4. The number of hydrogen-bond donors (Lipinski definition) is 4. The molecule has 0 aliphatic carbocycles. The van der Waals surface area contributed by atoms with E-state index < -0.39 is 15.6 Å². The molecule has 1 atom stereocenters. The SMILES string of the molecule is CN(C)CCOc1ccc(NC(=S)N=C(N)SCP)cc1.COc1ccc(C(=O)CBr)cc1[N+](=O)[O-].COc1ccc(C(=O)c2sc(Nc3ccc(OCCN(C)C)cc3)nc2N)cc1[N+](=O)[O-]. The monoisotopic (exact) mass is 1070 g/mol. The van der Waals surface area contributed by atoms with Crippen molar-refractivity contribution in [1.29, 1.82) is 0 Å². The molecular formula is C43H52BrN10O10PS3. The number of aliphatic imine (C=N–C) groups is 1. The number of anilines is 4. The van der Waals surface area contributed by atoms with E-state index in [2.05, 4.69) is 50.7 Å². The van der Waals surface area contributed by atoms with Crippen LogP contribution in [0.25, 0.3) is 0 Å². The quantitative estimate of drug-likeness (QED) is 0.00842. The predicted molar refractivity (Wildman–Crippen MR) is 282 cm³/mol. The topological polar surface area (TPSA) is 265 Å². The molecule has 1 aromatic heterocycles. The van der Waals surface area contributed by atoms with Crippen LogP contribution in [0.4, 0.5) is 33.7 Å². The van der Waals surface area contributed by atoms with Gasteiger partial charge in [0.2, 0.25) is 5.78 Å². The summed E-state index contributed by atoms with van der Waals surface area (Å²) in [6, 6.07) is 23.0. The molecule has 0 bridgehead atoms. The van der Waals surface area contributed by atoms with Gasteiger partial charge >= 0.3 is 11.4 Å². The Hall–Kier alpha value is -6.01. The largest absolute Gasteiger partial charge is 0.492 e. The standard InChI is InChI=1S/C21H23N5O5S.C13H21N4OPS2.C9H8BrNO4/c1-25(2)10-11-31-15-7-5-14(6-8-15)23-21-24-20(22)19(32-21)18(27)13-4-9-17(30-3)16(12-13)26(28)29;1-17(2)7-8-18-11-5-3-10(4-6-11)15-13(20)16-12(14)21-9-19;1-15-9-3-2-6(8(12)5-10)4-7(9)11(13)14/h4-9,12H,10-11,22H2,1-3H3,(H,23,24);3-6H,7-9,19H2,1-2H3,(H3,14,15,16,20);2-4H,5H2,1H3. The summed E-state index contributed by atoms with van der Waals surface area (Å²) in [4.78, 5) is 57.4. The van der Waals surface area contributed by atoms with Crippen LogP contribution >= 0.6 is 60.5 Å². The Morgan fingerprint density at radius 2 is 1.32 bits per heavy atom. The molecule has 0 amide bonds. The summed E-state index contributed by atoms with van der Waals surface area (Å²) in [6.07, 6.45) is 0. The van der Waals surface area contributed by atoms with Crippen molar-refractivity contribution in [3.8, 4) is 23.0 Å². The number of thiocarbonyl (C=S) groups is 1. The molecule has 5 aromatic rings. The van der Waals surface area contributed by atoms with Crippen LogP contribution in [0.5, 0.6) is 23.0 Å². The second kappa shape index (κ2) is 29.0. The first-order chi connectivity index (χ1) is 32.4. The molecule has 4 aromatic carbocycles. The first-order valence-electron chi connectivity index (χ1n) is 19.9. The summed E-state index contributed by atoms with van der Waals surface area (Å²) in [6.45, 7) is 2.93. The second-order valence-electron chi connectivity index (χ2n) is 14.1. The van der Waals surface area contributed by atoms with Crippen molar-refractivity contribution in [2.75, 3.05) is 95.9 Å². The average Bonchev–Trinajstić information content (AvgIpc) is 3.68. The zero-order valence-electron chi connectivity index (χ0n) is 37.9. The van der Waals surface area contributed by atoms with E-state index in [1.165, 1.54) is 62.4 Å². The number of rotatable bonds is 20. The fourth-order valence-corrected chi connectivity index (χ4v) is 7.49. The smallest absolute Gasteiger partial charge is 0.311 e. The predicted octanol–water partition coefficient (Wildman–Crippen LogP) is 7.94. The molecule has 68 heavy (non-hydrogen) atoms. The second-order valence-corrected chi connectivity index (χ2v) is 18.1. The number of alkyl halides is 1. The van der Waals surface area contributed by atoms with E-state index in [-0.39, 0.29) is 50.2 Å². The lowest BCUT2D eigenvalue weighted by Crippen LogP contribution is -2.19. The molecule has 25 heteroatoms. The summed E-state index contributed by atoms with van der Waals surface area (Å²) in [5.74, 6) is 1.17. The minimum absolute atomic E-state index is 0.0459. The van der Waals surface area contributed by atoms with Gasteiger partial charge in [-0.15, -0.1) is 9.24 Å². The van der Waals surface area contributed by atoms with Crippen LogP contribution in [0.2, 0.25) is 0 Å². The van der Waals surface area contributed by atoms with Crippen molar-refractivity contribution in [1.82, 2.24) is 14.8 Å². The Kier molecular flexibility index (Phi) is 24.0. The fraction of sp³-hybridized carbons (Fsp3) is 0.279. The molecule has 0 saturated carbocycles. The minimum Gasteiger partial charge on any atom is -0.492 e. The van der Waals surface area contributed by atoms with Gasteiger partial charge in [-0.2, -0.15) is 4.99 Å². The fourth-order valence-electron chi connectivity index (χ4n) is 5.19. The van der Waals surface area contributed by atoms with Gasteiger partial charge in [0.1, 0.15) is 35.4 Å². The van der Waals surface area contributed by atoms with Gasteiger partial charge in [0.15, 0.2) is 32.7 Å². The highest BCUT2D eigenvalue weighted by atomic mass is 79.9. The lowest BCUT2D eigenvalue weighted by Gasteiger charge is -2.11. The number of thioether (sulfide) groups is 1. The number of benzene rings is 4. The van der Waals surface area contributed by atoms with Crippen LogP contribution in [0.15, 0.2) is 89.9 Å².